The maximum atomic E-state index is 12.4. The summed E-state index contributed by atoms with van der Waals surface area (Å²) >= 11 is 3.40. The summed E-state index contributed by atoms with van der Waals surface area (Å²) in [6.45, 7) is 1.91. The quantitative estimate of drug-likeness (QED) is 0.741. The summed E-state index contributed by atoms with van der Waals surface area (Å²) in [5, 5.41) is 2.90. The van der Waals surface area contributed by atoms with E-state index in [2.05, 4.69) is 26.2 Å². The number of hydrogen-bond donors (Lipinski definition) is 1. The van der Waals surface area contributed by atoms with Crippen LogP contribution in [0.25, 0.3) is 11.3 Å². The Morgan fingerprint density at radius 3 is 2.82 bits per heavy atom. The number of carbonyl (C=O) groups is 1. The molecule has 1 aromatic heterocycles. The minimum atomic E-state index is -0.139. The highest BCUT2D eigenvalue weighted by atomic mass is 79.9. The van der Waals surface area contributed by atoms with E-state index in [4.69, 9.17) is 4.42 Å². The highest BCUT2D eigenvalue weighted by molar-refractivity contribution is 9.10. The van der Waals surface area contributed by atoms with Crippen LogP contribution in [0.3, 0.4) is 0 Å². The summed E-state index contributed by atoms with van der Waals surface area (Å²) in [6.07, 6.45) is 3.02. The number of hydrogen-bond acceptors (Lipinski definition) is 3. The van der Waals surface area contributed by atoms with Crippen molar-refractivity contribution in [2.75, 3.05) is 5.32 Å². The number of carbonyl (C=O) groups excluding carboxylic acids is 1. The molecular formula is C17H13BrN2O2. The fourth-order valence-corrected chi connectivity index (χ4v) is 2.66. The van der Waals surface area contributed by atoms with Crippen molar-refractivity contribution in [1.29, 1.82) is 0 Å². The van der Waals surface area contributed by atoms with Crippen molar-refractivity contribution in [3.63, 3.8) is 0 Å². The van der Waals surface area contributed by atoms with Gasteiger partial charge in [0.25, 0.3) is 5.91 Å². The van der Waals surface area contributed by atoms with Crippen molar-refractivity contribution in [3.8, 4) is 11.3 Å². The molecule has 1 amide bonds. The van der Waals surface area contributed by atoms with Crippen LogP contribution >= 0.6 is 15.9 Å². The number of nitrogens with zero attached hydrogens (tertiary/aromatic N) is 1. The van der Waals surface area contributed by atoms with Gasteiger partial charge in [0.2, 0.25) is 0 Å². The molecule has 3 aromatic rings. The molecule has 110 valence electrons. The lowest BCUT2D eigenvalue weighted by molar-refractivity contribution is 0.102. The van der Waals surface area contributed by atoms with E-state index < -0.39 is 0 Å². The zero-order chi connectivity index (χ0) is 15.5. The molecule has 5 heteroatoms. The number of aryl methyl sites for hydroxylation is 1. The highest BCUT2D eigenvalue weighted by Crippen LogP contribution is 2.23. The number of rotatable bonds is 3. The molecule has 0 aliphatic carbocycles. The fourth-order valence-electron chi connectivity index (χ4n) is 2.19. The molecule has 0 aliphatic rings. The molecule has 0 spiro atoms. The summed E-state index contributed by atoms with van der Waals surface area (Å²) in [5.74, 6) is 0.524. The maximum Gasteiger partial charge on any atom is 0.255 e. The minimum Gasteiger partial charge on any atom is -0.444 e. The zero-order valence-corrected chi connectivity index (χ0v) is 13.4. The van der Waals surface area contributed by atoms with Crippen LogP contribution in [0.1, 0.15) is 15.9 Å². The van der Waals surface area contributed by atoms with E-state index in [0.29, 0.717) is 17.0 Å². The topological polar surface area (TPSA) is 55.1 Å². The number of amides is 1. The van der Waals surface area contributed by atoms with Gasteiger partial charge in [-0.25, -0.2) is 4.98 Å². The number of anilines is 1. The van der Waals surface area contributed by atoms with Crippen LogP contribution in [-0.4, -0.2) is 10.9 Å². The molecule has 22 heavy (non-hydrogen) atoms. The third-order valence-corrected chi connectivity index (χ3v) is 3.76. The van der Waals surface area contributed by atoms with Gasteiger partial charge in [-0.2, -0.15) is 0 Å². The van der Waals surface area contributed by atoms with Gasteiger partial charge in [-0.05, 0) is 42.8 Å². The Morgan fingerprint density at radius 1 is 1.23 bits per heavy atom. The van der Waals surface area contributed by atoms with Crippen LogP contribution in [0.2, 0.25) is 0 Å². The van der Waals surface area contributed by atoms with E-state index >= 15 is 0 Å². The average molecular weight is 357 g/mol. The smallest absolute Gasteiger partial charge is 0.255 e. The molecule has 0 fully saturated rings. The Balaban J connectivity index is 1.84. The normalized spacial score (nSPS) is 10.5. The number of nitrogens with one attached hydrogen (secondary N) is 1. The first-order valence-electron chi connectivity index (χ1n) is 6.70. The molecule has 0 aliphatic heterocycles. The Kier molecular flexibility index (Phi) is 4.06. The first-order valence-corrected chi connectivity index (χ1v) is 7.49. The molecule has 0 unspecified atom stereocenters. The number of halogens is 1. The Morgan fingerprint density at radius 2 is 2.09 bits per heavy atom. The summed E-state index contributed by atoms with van der Waals surface area (Å²) in [4.78, 5) is 16.3. The van der Waals surface area contributed by atoms with E-state index in [1.165, 1.54) is 6.39 Å². The second-order valence-electron chi connectivity index (χ2n) is 4.86. The molecule has 0 saturated carbocycles. The monoisotopic (exact) mass is 356 g/mol. The minimum absolute atomic E-state index is 0.139. The van der Waals surface area contributed by atoms with E-state index in [9.17, 15) is 4.79 Å². The molecule has 0 radical (unpaired) electrons. The van der Waals surface area contributed by atoms with Crippen LogP contribution < -0.4 is 5.32 Å². The second kappa shape index (κ2) is 6.15. The van der Waals surface area contributed by atoms with Crippen LogP contribution in [0.4, 0.5) is 5.69 Å². The van der Waals surface area contributed by atoms with Crippen molar-refractivity contribution in [3.05, 3.63) is 70.7 Å². The second-order valence-corrected chi connectivity index (χ2v) is 5.78. The Labute approximate surface area is 136 Å². The fraction of sp³-hybridized carbons (Fsp3) is 0.0588. The van der Waals surface area contributed by atoms with Gasteiger partial charge in [0.05, 0.1) is 6.20 Å². The van der Waals surface area contributed by atoms with Gasteiger partial charge < -0.3 is 9.73 Å². The molecule has 1 heterocycles. The summed E-state index contributed by atoms with van der Waals surface area (Å²) in [7, 11) is 0. The lowest BCUT2D eigenvalue weighted by Crippen LogP contribution is -2.13. The van der Waals surface area contributed by atoms with Gasteiger partial charge in [0.1, 0.15) is 0 Å². The first kappa shape index (κ1) is 14.5. The van der Waals surface area contributed by atoms with Gasteiger partial charge in [-0.15, -0.1) is 0 Å². The predicted molar refractivity (Wildman–Crippen MR) is 88.8 cm³/mol. The van der Waals surface area contributed by atoms with Gasteiger partial charge >= 0.3 is 0 Å². The molecule has 2 aromatic carbocycles. The van der Waals surface area contributed by atoms with Gasteiger partial charge in [0.15, 0.2) is 12.2 Å². The summed E-state index contributed by atoms with van der Waals surface area (Å²) in [5.41, 5.74) is 3.13. The molecule has 0 saturated heterocycles. The Bertz CT molecular complexity index is 813. The highest BCUT2D eigenvalue weighted by Gasteiger charge is 2.10. The number of aromatic nitrogens is 1. The van der Waals surface area contributed by atoms with Crippen LogP contribution in [0, 0.1) is 6.92 Å². The number of benzene rings is 2. The van der Waals surface area contributed by atoms with Crippen molar-refractivity contribution in [2.24, 2.45) is 0 Å². The zero-order valence-electron chi connectivity index (χ0n) is 11.8. The van der Waals surface area contributed by atoms with Crippen molar-refractivity contribution in [1.82, 2.24) is 4.98 Å². The van der Waals surface area contributed by atoms with Gasteiger partial charge in [0, 0.05) is 21.3 Å². The predicted octanol–water partition coefficient (Wildman–Crippen LogP) is 4.66. The molecular weight excluding hydrogens is 344 g/mol. The van der Waals surface area contributed by atoms with Crippen LogP contribution in [0.15, 0.2) is 63.9 Å². The molecule has 3 rings (SSSR count). The van der Waals surface area contributed by atoms with E-state index in [1.807, 2.05) is 43.3 Å². The summed E-state index contributed by atoms with van der Waals surface area (Å²) < 4.78 is 6.22. The third-order valence-electron chi connectivity index (χ3n) is 3.27. The van der Waals surface area contributed by atoms with Crippen molar-refractivity contribution in [2.45, 2.75) is 6.92 Å². The lowest BCUT2D eigenvalue weighted by Gasteiger charge is -2.09. The van der Waals surface area contributed by atoms with Crippen molar-refractivity contribution < 1.29 is 9.21 Å². The first-order chi connectivity index (χ1) is 10.6. The van der Waals surface area contributed by atoms with E-state index in [1.54, 1.807) is 12.3 Å². The van der Waals surface area contributed by atoms with E-state index in [0.717, 1.165) is 15.6 Å². The third kappa shape index (κ3) is 3.09. The molecule has 4 nitrogen and oxygen atoms in total. The molecule has 1 N–H and O–H groups in total. The molecule has 0 atom stereocenters. The largest absolute Gasteiger partial charge is 0.444 e. The SMILES string of the molecule is Cc1cc(Br)ccc1C(=O)Nc1cccc(-c2cnco2)c1. The van der Waals surface area contributed by atoms with Gasteiger partial charge in [-0.1, -0.05) is 28.1 Å². The molecule has 0 bridgehead atoms. The average Bonchev–Trinajstić information content (AvgIpc) is 3.01. The standard InChI is InChI=1S/C17H13BrN2O2/c1-11-7-13(18)5-6-15(11)17(21)20-14-4-2-3-12(8-14)16-9-19-10-22-16/h2-10H,1H3,(H,20,21). The summed E-state index contributed by atoms with van der Waals surface area (Å²) in [6, 6.07) is 13.0. The maximum absolute atomic E-state index is 12.4. The van der Waals surface area contributed by atoms with Crippen LogP contribution in [0.5, 0.6) is 0 Å². The van der Waals surface area contributed by atoms with Crippen LogP contribution in [-0.2, 0) is 0 Å². The van der Waals surface area contributed by atoms with Gasteiger partial charge in [-0.3, -0.25) is 4.79 Å². The van der Waals surface area contributed by atoms with Crippen molar-refractivity contribution >= 4 is 27.5 Å². The Hall–Kier alpha value is -2.40. The lowest BCUT2D eigenvalue weighted by atomic mass is 10.1. The number of oxazole rings is 1. The van der Waals surface area contributed by atoms with E-state index in [-0.39, 0.29) is 5.91 Å².